The molecule has 1 atom stereocenters. The van der Waals surface area contributed by atoms with Gasteiger partial charge in [0.2, 0.25) is 0 Å². The van der Waals surface area contributed by atoms with E-state index in [0.29, 0.717) is 21.8 Å². The van der Waals surface area contributed by atoms with E-state index in [2.05, 4.69) is 17.1 Å². The number of benzene rings is 1. The summed E-state index contributed by atoms with van der Waals surface area (Å²) in [5.74, 6) is 0. The summed E-state index contributed by atoms with van der Waals surface area (Å²) in [4.78, 5) is 2.44. The Morgan fingerprint density at radius 1 is 1.39 bits per heavy atom. The van der Waals surface area contributed by atoms with Gasteiger partial charge in [-0.25, -0.2) is 0 Å². The number of nitrogens with two attached hydrogens (primary N) is 1. The van der Waals surface area contributed by atoms with Crippen molar-refractivity contribution < 1.29 is 0 Å². The normalized spacial score (nSPS) is 20.9. The van der Waals surface area contributed by atoms with Crippen LogP contribution in [0.25, 0.3) is 0 Å². The quantitative estimate of drug-likeness (QED) is 0.837. The molecule has 1 aromatic carbocycles. The lowest BCUT2D eigenvalue weighted by Crippen LogP contribution is -2.41. The van der Waals surface area contributed by atoms with E-state index in [1.807, 2.05) is 6.07 Å². The molecular weight excluding hydrogens is 269 g/mol. The van der Waals surface area contributed by atoms with E-state index in [4.69, 9.17) is 28.9 Å². The SMILES string of the molecule is CCN1CCCC(Nc2cc(Cl)c(Cl)cc2N)C1. The highest BCUT2D eigenvalue weighted by atomic mass is 35.5. The number of anilines is 2. The van der Waals surface area contributed by atoms with Crippen LogP contribution in [0.4, 0.5) is 11.4 Å². The molecule has 1 saturated heterocycles. The zero-order chi connectivity index (χ0) is 13.1. The molecule has 0 bridgehead atoms. The number of piperidine rings is 1. The molecule has 1 unspecified atom stereocenters. The predicted molar refractivity (Wildman–Crippen MR) is 79.6 cm³/mol. The molecule has 5 heteroatoms. The van der Waals surface area contributed by atoms with Crippen molar-refractivity contribution in [1.82, 2.24) is 4.90 Å². The average Bonchev–Trinajstić information content (AvgIpc) is 2.36. The van der Waals surface area contributed by atoms with Gasteiger partial charge in [0.15, 0.2) is 0 Å². The van der Waals surface area contributed by atoms with Gasteiger partial charge in [-0.2, -0.15) is 0 Å². The number of likely N-dealkylation sites (tertiary alicyclic amines) is 1. The van der Waals surface area contributed by atoms with Crippen LogP contribution in [0.1, 0.15) is 19.8 Å². The number of likely N-dealkylation sites (N-methyl/N-ethyl adjacent to an activating group) is 1. The molecular formula is C13H19Cl2N3. The van der Waals surface area contributed by atoms with Crippen molar-refractivity contribution in [3.63, 3.8) is 0 Å². The Morgan fingerprint density at radius 3 is 2.83 bits per heavy atom. The van der Waals surface area contributed by atoms with E-state index in [1.54, 1.807) is 6.07 Å². The number of hydrogen-bond acceptors (Lipinski definition) is 3. The van der Waals surface area contributed by atoms with Crippen LogP contribution in [0.3, 0.4) is 0 Å². The Hall–Kier alpha value is -0.640. The van der Waals surface area contributed by atoms with E-state index in [1.165, 1.54) is 13.0 Å². The average molecular weight is 288 g/mol. The number of nitrogens with one attached hydrogen (secondary N) is 1. The fourth-order valence-corrected chi connectivity index (χ4v) is 2.70. The van der Waals surface area contributed by atoms with Crippen molar-refractivity contribution in [2.45, 2.75) is 25.8 Å². The second-order valence-corrected chi connectivity index (χ2v) is 5.54. The summed E-state index contributed by atoms with van der Waals surface area (Å²) in [5.41, 5.74) is 7.49. The third-order valence-corrected chi connectivity index (χ3v) is 4.13. The van der Waals surface area contributed by atoms with Gasteiger partial charge >= 0.3 is 0 Å². The van der Waals surface area contributed by atoms with Gasteiger partial charge in [-0.15, -0.1) is 0 Å². The Labute approximate surface area is 118 Å². The van der Waals surface area contributed by atoms with Crippen LogP contribution in [0.5, 0.6) is 0 Å². The second kappa shape index (κ2) is 6.00. The molecule has 1 aromatic rings. The molecule has 1 fully saturated rings. The minimum Gasteiger partial charge on any atom is -0.397 e. The van der Waals surface area contributed by atoms with Crippen LogP contribution in [-0.2, 0) is 0 Å². The van der Waals surface area contributed by atoms with Crippen molar-refractivity contribution in [1.29, 1.82) is 0 Å². The maximum Gasteiger partial charge on any atom is 0.0614 e. The Balaban J connectivity index is 2.07. The lowest BCUT2D eigenvalue weighted by Gasteiger charge is -2.33. The Kier molecular flexibility index (Phi) is 4.60. The summed E-state index contributed by atoms with van der Waals surface area (Å²) in [6.07, 6.45) is 2.38. The van der Waals surface area contributed by atoms with E-state index in [0.717, 1.165) is 25.2 Å². The van der Waals surface area contributed by atoms with E-state index in [-0.39, 0.29) is 0 Å². The lowest BCUT2D eigenvalue weighted by molar-refractivity contribution is 0.227. The monoisotopic (exact) mass is 287 g/mol. The molecule has 1 aliphatic heterocycles. The molecule has 0 spiro atoms. The summed E-state index contributed by atoms with van der Waals surface area (Å²) in [6, 6.07) is 3.94. The van der Waals surface area contributed by atoms with Crippen molar-refractivity contribution in [3.8, 4) is 0 Å². The fraction of sp³-hybridized carbons (Fsp3) is 0.538. The van der Waals surface area contributed by atoms with Gasteiger partial charge in [0, 0.05) is 12.6 Å². The molecule has 0 aliphatic carbocycles. The van der Waals surface area contributed by atoms with Crippen LogP contribution < -0.4 is 11.1 Å². The molecule has 3 nitrogen and oxygen atoms in total. The van der Waals surface area contributed by atoms with Gasteiger partial charge in [-0.05, 0) is 38.1 Å². The van der Waals surface area contributed by atoms with Gasteiger partial charge < -0.3 is 16.0 Å². The molecule has 1 aliphatic rings. The number of rotatable bonds is 3. The minimum atomic E-state index is 0.429. The van der Waals surface area contributed by atoms with Crippen LogP contribution >= 0.6 is 23.2 Å². The lowest BCUT2D eigenvalue weighted by atomic mass is 10.1. The van der Waals surface area contributed by atoms with Gasteiger partial charge in [0.05, 0.1) is 21.4 Å². The molecule has 0 saturated carbocycles. The molecule has 2 rings (SSSR count). The van der Waals surface area contributed by atoms with Crippen LogP contribution in [0, 0.1) is 0 Å². The third-order valence-electron chi connectivity index (χ3n) is 3.40. The topological polar surface area (TPSA) is 41.3 Å². The summed E-state index contributed by atoms with van der Waals surface area (Å²) in [5, 5.41) is 4.51. The third kappa shape index (κ3) is 3.22. The summed E-state index contributed by atoms with van der Waals surface area (Å²) in [7, 11) is 0. The summed E-state index contributed by atoms with van der Waals surface area (Å²) in [6.45, 7) is 5.52. The molecule has 1 heterocycles. The van der Waals surface area contributed by atoms with Crippen molar-refractivity contribution in [3.05, 3.63) is 22.2 Å². The molecule has 3 N–H and O–H groups in total. The molecule has 0 aromatic heterocycles. The number of nitrogens with zero attached hydrogens (tertiary/aromatic N) is 1. The van der Waals surface area contributed by atoms with Crippen molar-refractivity contribution >= 4 is 34.6 Å². The van der Waals surface area contributed by atoms with E-state index >= 15 is 0 Å². The van der Waals surface area contributed by atoms with Crippen LogP contribution in [0.2, 0.25) is 10.0 Å². The Bertz CT molecular complexity index is 423. The highest BCUT2D eigenvalue weighted by Crippen LogP contribution is 2.31. The molecule has 100 valence electrons. The van der Waals surface area contributed by atoms with E-state index < -0.39 is 0 Å². The largest absolute Gasteiger partial charge is 0.397 e. The maximum atomic E-state index is 6.02. The predicted octanol–water partition coefficient (Wildman–Crippen LogP) is 3.47. The fourth-order valence-electron chi connectivity index (χ4n) is 2.37. The first kappa shape index (κ1) is 13.8. The highest BCUT2D eigenvalue weighted by molar-refractivity contribution is 6.42. The van der Waals surface area contributed by atoms with Crippen molar-refractivity contribution in [2.75, 3.05) is 30.7 Å². The van der Waals surface area contributed by atoms with Crippen LogP contribution in [0.15, 0.2) is 12.1 Å². The molecule has 0 amide bonds. The zero-order valence-electron chi connectivity index (χ0n) is 10.5. The van der Waals surface area contributed by atoms with Gasteiger partial charge in [-0.3, -0.25) is 0 Å². The molecule has 0 radical (unpaired) electrons. The van der Waals surface area contributed by atoms with Gasteiger partial charge in [0.25, 0.3) is 0 Å². The first-order valence-electron chi connectivity index (χ1n) is 6.33. The summed E-state index contributed by atoms with van der Waals surface area (Å²) < 4.78 is 0. The first-order chi connectivity index (χ1) is 8.60. The number of halogens is 2. The second-order valence-electron chi connectivity index (χ2n) is 4.73. The number of nitrogen functional groups attached to an aromatic ring is 1. The van der Waals surface area contributed by atoms with Crippen LogP contribution in [-0.4, -0.2) is 30.6 Å². The zero-order valence-corrected chi connectivity index (χ0v) is 12.1. The molecule has 18 heavy (non-hydrogen) atoms. The minimum absolute atomic E-state index is 0.429. The maximum absolute atomic E-state index is 6.02. The number of hydrogen-bond donors (Lipinski definition) is 2. The highest BCUT2D eigenvalue weighted by Gasteiger charge is 2.19. The smallest absolute Gasteiger partial charge is 0.0614 e. The standard InChI is InChI=1S/C13H19Cl2N3/c1-2-18-5-3-4-9(8-18)17-13-7-11(15)10(14)6-12(13)16/h6-7,9,17H,2-5,8,16H2,1H3. The van der Waals surface area contributed by atoms with Gasteiger partial charge in [-0.1, -0.05) is 30.1 Å². The summed E-state index contributed by atoms with van der Waals surface area (Å²) >= 11 is 11.9. The van der Waals surface area contributed by atoms with Gasteiger partial charge in [0.1, 0.15) is 0 Å². The van der Waals surface area contributed by atoms with E-state index in [9.17, 15) is 0 Å². The van der Waals surface area contributed by atoms with Crippen molar-refractivity contribution in [2.24, 2.45) is 0 Å². The Morgan fingerprint density at radius 2 is 2.11 bits per heavy atom. The first-order valence-corrected chi connectivity index (χ1v) is 7.09.